The van der Waals surface area contributed by atoms with Gasteiger partial charge in [-0.3, -0.25) is 9.59 Å². The van der Waals surface area contributed by atoms with E-state index in [1.807, 2.05) is 39.3 Å². The van der Waals surface area contributed by atoms with Crippen molar-refractivity contribution in [3.05, 3.63) is 42.4 Å². The third-order valence-electron chi connectivity index (χ3n) is 8.38. The zero-order chi connectivity index (χ0) is 28.2. The quantitative estimate of drug-likeness (QED) is 0.188. The summed E-state index contributed by atoms with van der Waals surface area (Å²) in [5, 5.41) is 26.3. The second-order valence-corrected chi connectivity index (χ2v) is 11.8. The highest BCUT2D eigenvalue weighted by Crippen LogP contribution is 2.43. The van der Waals surface area contributed by atoms with Crippen molar-refractivity contribution in [1.29, 1.82) is 0 Å². The summed E-state index contributed by atoms with van der Waals surface area (Å²) < 4.78 is 18.0. The second-order valence-electron chi connectivity index (χ2n) is 11.8. The summed E-state index contributed by atoms with van der Waals surface area (Å²) in [5.41, 5.74) is 0.389. The Kier molecular flexibility index (Phi) is 10.0. The van der Waals surface area contributed by atoms with Crippen LogP contribution in [0.25, 0.3) is 0 Å². The molecule has 217 valence electrons. The van der Waals surface area contributed by atoms with Crippen LogP contribution in [0.15, 0.2) is 36.0 Å². The van der Waals surface area contributed by atoms with Gasteiger partial charge in [0.15, 0.2) is 0 Å². The van der Waals surface area contributed by atoms with Gasteiger partial charge in [0.2, 0.25) is 11.8 Å². The molecule has 8 atom stereocenters. The number of amides is 2. The maximum Gasteiger partial charge on any atom is 0.243 e. The van der Waals surface area contributed by atoms with Crippen molar-refractivity contribution < 1.29 is 34.0 Å². The van der Waals surface area contributed by atoms with E-state index in [1.54, 1.807) is 6.08 Å². The fourth-order valence-corrected chi connectivity index (χ4v) is 5.75. The van der Waals surface area contributed by atoms with Gasteiger partial charge in [-0.05, 0) is 57.9 Å². The van der Waals surface area contributed by atoms with Gasteiger partial charge >= 0.3 is 0 Å². The molecular formula is C30H45N2O7. The van der Waals surface area contributed by atoms with Crippen molar-refractivity contribution in [2.24, 2.45) is 5.92 Å². The van der Waals surface area contributed by atoms with E-state index < -0.39 is 17.8 Å². The van der Waals surface area contributed by atoms with Crippen molar-refractivity contribution in [3.8, 4) is 0 Å². The molecule has 2 amide bonds. The predicted molar refractivity (Wildman–Crippen MR) is 146 cm³/mol. The summed E-state index contributed by atoms with van der Waals surface area (Å²) in [4.78, 5) is 24.5. The molecule has 3 saturated heterocycles. The number of ether oxygens (including phenoxy) is 3. The van der Waals surface area contributed by atoms with E-state index in [-0.39, 0.29) is 60.7 Å². The molecule has 9 heteroatoms. The van der Waals surface area contributed by atoms with Crippen LogP contribution >= 0.6 is 0 Å². The van der Waals surface area contributed by atoms with Gasteiger partial charge in [0.05, 0.1) is 43.5 Å². The first-order valence-electron chi connectivity index (χ1n) is 14.3. The first kappa shape index (κ1) is 29.9. The Morgan fingerprint density at radius 1 is 1.08 bits per heavy atom. The first-order chi connectivity index (χ1) is 18.6. The maximum atomic E-state index is 12.5. The van der Waals surface area contributed by atoms with Gasteiger partial charge in [-0.15, -0.1) is 0 Å². The molecule has 1 radical (unpaired) electrons. The number of hydrogen-bond donors (Lipinski definition) is 4. The zero-order valence-electron chi connectivity index (χ0n) is 23.5. The normalized spacial score (nSPS) is 40.6. The molecule has 3 heterocycles. The average Bonchev–Trinajstić information content (AvgIpc) is 3.64. The molecule has 9 nitrogen and oxygen atoms in total. The lowest BCUT2D eigenvalue weighted by Crippen LogP contribution is -2.52. The Hall–Kier alpha value is -2.04. The lowest BCUT2D eigenvalue weighted by Gasteiger charge is -2.39. The molecular weight excluding hydrogens is 500 g/mol. The van der Waals surface area contributed by atoms with Crippen molar-refractivity contribution in [1.82, 2.24) is 10.6 Å². The van der Waals surface area contributed by atoms with Crippen LogP contribution in [0.5, 0.6) is 0 Å². The lowest BCUT2D eigenvalue weighted by molar-refractivity contribution is -0.146. The molecule has 1 aliphatic carbocycles. The van der Waals surface area contributed by atoms with Crippen LogP contribution in [0, 0.1) is 12.3 Å². The molecule has 0 aromatic rings. The van der Waals surface area contributed by atoms with E-state index >= 15 is 0 Å². The van der Waals surface area contributed by atoms with Crippen molar-refractivity contribution in [2.75, 3.05) is 6.61 Å². The zero-order valence-corrected chi connectivity index (χ0v) is 23.5. The standard InChI is InChI=1S/C30H45N2O7/c1-5-6-7-27(34)32-24-12-19(3)25(38-20(24)4)10-8-18(2)9-11-26-29(36)30(17-37-30)16-23(39-26)15-28(35)31-21-13-22(33)14-21/h5-9,11,19-26,29,33,36H,10,12-17H2,1-4H3,(H,31,35)(H,32,34)/b7-6-,11-9+,18-8+/t19-,20+,21-,22+,23+,24+,25-,26+,29+,30+/m0/s1. The molecule has 0 aromatic heterocycles. The largest absolute Gasteiger partial charge is 0.393 e. The van der Waals surface area contributed by atoms with E-state index in [1.165, 1.54) is 6.08 Å². The number of nitrogens with one attached hydrogen (secondary N) is 2. The van der Waals surface area contributed by atoms with Gasteiger partial charge in [0.25, 0.3) is 0 Å². The molecule has 3 aliphatic heterocycles. The highest BCUT2D eigenvalue weighted by atomic mass is 16.6. The van der Waals surface area contributed by atoms with Gasteiger partial charge in [0, 0.05) is 12.5 Å². The summed E-state index contributed by atoms with van der Waals surface area (Å²) >= 11 is 0. The molecule has 0 unspecified atom stereocenters. The summed E-state index contributed by atoms with van der Waals surface area (Å²) in [6, 6.07) is 0.00832. The van der Waals surface area contributed by atoms with E-state index in [4.69, 9.17) is 14.2 Å². The van der Waals surface area contributed by atoms with Crippen molar-refractivity contribution in [3.63, 3.8) is 0 Å². The SMILES string of the molecule is C[CH]/C=C\C(=O)N[C@@H]1C[C@H](C)[C@H](C/C=C(C)/C=C/[C@H]2O[C@H](CC(=O)N[C@H]3C[C@@H](O)C3)C[C@@]3(CO3)[C@@H]2O)O[C@@H]1C. The van der Waals surface area contributed by atoms with Crippen LogP contribution in [0.4, 0.5) is 0 Å². The molecule has 4 fully saturated rings. The molecule has 1 spiro atoms. The fourth-order valence-electron chi connectivity index (χ4n) is 5.75. The molecule has 4 aliphatic rings. The topological polar surface area (TPSA) is 130 Å². The number of aliphatic hydroxyl groups excluding tert-OH is 2. The van der Waals surface area contributed by atoms with Gasteiger partial charge < -0.3 is 35.1 Å². The molecule has 0 bridgehead atoms. The number of aliphatic hydroxyl groups is 2. The average molecular weight is 546 g/mol. The lowest BCUT2D eigenvalue weighted by atomic mass is 9.86. The third-order valence-corrected chi connectivity index (χ3v) is 8.38. The van der Waals surface area contributed by atoms with Gasteiger partial charge in [-0.25, -0.2) is 0 Å². The summed E-state index contributed by atoms with van der Waals surface area (Å²) in [6.45, 7) is 8.49. The fraction of sp³-hybridized carbons (Fsp3) is 0.700. The Morgan fingerprint density at radius 3 is 2.49 bits per heavy atom. The second kappa shape index (κ2) is 13.1. The Balaban J connectivity index is 1.27. The number of epoxide rings is 1. The third kappa shape index (κ3) is 8.01. The summed E-state index contributed by atoms with van der Waals surface area (Å²) in [5.74, 6) is 0.0785. The van der Waals surface area contributed by atoms with Gasteiger partial charge in [-0.1, -0.05) is 43.7 Å². The number of carbonyl (C=O) groups is 2. The van der Waals surface area contributed by atoms with E-state index in [9.17, 15) is 19.8 Å². The Bertz CT molecular complexity index is 953. The Labute approximate surface area is 232 Å². The summed E-state index contributed by atoms with van der Waals surface area (Å²) in [7, 11) is 0. The van der Waals surface area contributed by atoms with E-state index in [0.717, 1.165) is 18.4 Å². The van der Waals surface area contributed by atoms with Crippen LogP contribution in [0.1, 0.15) is 66.2 Å². The van der Waals surface area contributed by atoms with Crippen LogP contribution in [-0.4, -0.2) is 82.9 Å². The molecule has 1 saturated carbocycles. The molecule has 39 heavy (non-hydrogen) atoms. The number of carbonyl (C=O) groups excluding carboxylic acids is 2. The van der Waals surface area contributed by atoms with Crippen LogP contribution in [-0.2, 0) is 23.8 Å². The van der Waals surface area contributed by atoms with E-state index in [2.05, 4.69) is 23.6 Å². The Morgan fingerprint density at radius 2 is 1.82 bits per heavy atom. The minimum absolute atomic E-state index is 0.0209. The molecule has 4 N–H and O–H groups in total. The molecule has 4 rings (SSSR count). The van der Waals surface area contributed by atoms with Gasteiger partial charge in [-0.2, -0.15) is 0 Å². The smallest absolute Gasteiger partial charge is 0.243 e. The molecule has 0 aromatic carbocycles. The van der Waals surface area contributed by atoms with Crippen molar-refractivity contribution in [2.45, 2.75) is 121 Å². The summed E-state index contributed by atoms with van der Waals surface area (Å²) in [6.07, 6.45) is 12.4. The number of hydrogen-bond acceptors (Lipinski definition) is 7. The number of rotatable bonds is 10. The predicted octanol–water partition coefficient (Wildman–Crippen LogP) is 2.27. The van der Waals surface area contributed by atoms with Crippen LogP contribution < -0.4 is 10.6 Å². The number of allylic oxidation sites excluding steroid dienone is 3. The van der Waals surface area contributed by atoms with Crippen LogP contribution in [0.2, 0.25) is 0 Å². The highest BCUT2D eigenvalue weighted by Gasteiger charge is 2.58. The first-order valence-corrected chi connectivity index (χ1v) is 14.3. The van der Waals surface area contributed by atoms with E-state index in [0.29, 0.717) is 25.9 Å². The monoisotopic (exact) mass is 545 g/mol. The highest BCUT2D eigenvalue weighted by molar-refractivity contribution is 5.87. The minimum atomic E-state index is -0.789. The van der Waals surface area contributed by atoms with Crippen LogP contribution in [0.3, 0.4) is 0 Å². The minimum Gasteiger partial charge on any atom is -0.393 e. The maximum absolute atomic E-state index is 12.5. The van der Waals surface area contributed by atoms with Gasteiger partial charge in [0.1, 0.15) is 17.8 Å². The van der Waals surface area contributed by atoms with Crippen molar-refractivity contribution >= 4 is 11.8 Å².